The number of benzene rings is 2. The summed E-state index contributed by atoms with van der Waals surface area (Å²) in [6, 6.07) is 15.3. The van der Waals surface area contributed by atoms with Gasteiger partial charge in [0.25, 0.3) is 0 Å². The quantitative estimate of drug-likeness (QED) is 0.378. The monoisotopic (exact) mass is 442 g/mol. The van der Waals surface area contributed by atoms with E-state index in [0.29, 0.717) is 19.5 Å². The highest BCUT2D eigenvalue weighted by molar-refractivity contribution is 8.00. The van der Waals surface area contributed by atoms with Crippen LogP contribution < -0.4 is 10.1 Å². The van der Waals surface area contributed by atoms with Crippen LogP contribution in [0.5, 0.6) is 5.75 Å². The smallest absolute Gasteiger partial charge is 0.242 e. The number of unbranched alkanes of at least 4 members (excludes halogenated alkanes) is 1. The lowest BCUT2D eigenvalue weighted by molar-refractivity contribution is -0.139. The molecule has 0 saturated heterocycles. The Hall–Kier alpha value is -2.47. The fourth-order valence-electron chi connectivity index (χ4n) is 3.26. The second-order valence-corrected chi connectivity index (χ2v) is 8.59. The van der Waals surface area contributed by atoms with Crippen molar-refractivity contribution in [3.05, 3.63) is 59.7 Å². The first-order valence-electron chi connectivity index (χ1n) is 10.9. The molecule has 1 N–H and O–H groups in total. The van der Waals surface area contributed by atoms with Crippen LogP contribution in [0.25, 0.3) is 0 Å². The van der Waals surface area contributed by atoms with E-state index in [1.165, 1.54) is 17.3 Å². The largest absolute Gasteiger partial charge is 0.497 e. The van der Waals surface area contributed by atoms with E-state index in [4.69, 9.17) is 4.74 Å². The Morgan fingerprint density at radius 3 is 2.52 bits per heavy atom. The van der Waals surface area contributed by atoms with Crippen molar-refractivity contribution < 1.29 is 14.3 Å². The summed E-state index contributed by atoms with van der Waals surface area (Å²) in [6.45, 7) is 7.07. The first-order chi connectivity index (χ1) is 15.0. The summed E-state index contributed by atoms with van der Waals surface area (Å²) < 4.78 is 5.32. The van der Waals surface area contributed by atoms with Crippen molar-refractivity contribution >= 4 is 23.6 Å². The Labute approximate surface area is 190 Å². The Morgan fingerprint density at radius 2 is 1.87 bits per heavy atom. The molecule has 2 amide bonds. The lowest BCUT2D eigenvalue weighted by atomic mass is 10.1. The standard InChI is InChI=1S/C25H34N2O3S/c1-5-7-15-26-25(29)23(6-2)27(17-20-9-8-10-21(16-20)30-4)24(28)18-31-22-13-11-19(3)12-14-22/h8-14,16,23H,5-7,15,17-18H2,1-4H3,(H,26,29)/t23-/m1/s1. The van der Waals surface area contributed by atoms with E-state index in [1.54, 1.807) is 12.0 Å². The zero-order valence-corrected chi connectivity index (χ0v) is 19.8. The summed E-state index contributed by atoms with van der Waals surface area (Å²) in [5, 5.41) is 2.99. The number of hydrogen-bond acceptors (Lipinski definition) is 4. The van der Waals surface area contributed by atoms with Crippen LogP contribution in [-0.4, -0.2) is 42.2 Å². The van der Waals surface area contributed by atoms with Crippen molar-refractivity contribution in [1.29, 1.82) is 0 Å². The number of amides is 2. The lowest BCUT2D eigenvalue weighted by Gasteiger charge is -2.30. The SMILES string of the molecule is CCCCNC(=O)[C@@H](CC)N(Cc1cccc(OC)c1)C(=O)CSc1ccc(C)cc1. The summed E-state index contributed by atoms with van der Waals surface area (Å²) in [6.07, 6.45) is 2.49. The number of methoxy groups -OCH3 is 1. The number of nitrogens with zero attached hydrogens (tertiary/aromatic N) is 1. The maximum Gasteiger partial charge on any atom is 0.242 e. The molecule has 2 aromatic carbocycles. The molecule has 0 aliphatic heterocycles. The molecule has 0 aliphatic rings. The molecule has 0 aromatic heterocycles. The fraction of sp³-hybridized carbons (Fsp3) is 0.440. The zero-order valence-electron chi connectivity index (χ0n) is 19.0. The van der Waals surface area contributed by atoms with Crippen LogP contribution in [0.1, 0.15) is 44.2 Å². The minimum absolute atomic E-state index is 0.0501. The number of carbonyl (C=O) groups excluding carboxylic acids is 2. The number of rotatable bonds is 12. The van der Waals surface area contributed by atoms with Gasteiger partial charge in [0.1, 0.15) is 11.8 Å². The molecular formula is C25H34N2O3S. The first kappa shape index (κ1) is 24.8. The molecule has 6 heteroatoms. The van der Waals surface area contributed by atoms with E-state index in [-0.39, 0.29) is 17.6 Å². The van der Waals surface area contributed by atoms with Crippen LogP contribution in [0.15, 0.2) is 53.4 Å². The number of aryl methyl sites for hydroxylation is 1. The average molecular weight is 443 g/mol. The molecule has 0 unspecified atom stereocenters. The molecule has 0 fully saturated rings. The summed E-state index contributed by atoms with van der Waals surface area (Å²) in [5.41, 5.74) is 2.12. The number of ether oxygens (including phenoxy) is 1. The highest BCUT2D eigenvalue weighted by Crippen LogP contribution is 2.22. The van der Waals surface area contributed by atoms with Crippen LogP contribution in [0.4, 0.5) is 0 Å². The molecular weight excluding hydrogens is 408 g/mol. The Bertz CT molecular complexity index is 839. The average Bonchev–Trinajstić information content (AvgIpc) is 2.78. The second-order valence-electron chi connectivity index (χ2n) is 7.54. The predicted molar refractivity (Wildman–Crippen MR) is 127 cm³/mol. The van der Waals surface area contributed by atoms with E-state index in [0.717, 1.165) is 29.1 Å². The van der Waals surface area contributed by atoms with Gasteiger partial charge in [-0.1, -0.05) is 50.1 Å². The number of thioether (sulfide) groups is 1. The Morgan fingerprint density at radius 1 is 1.13 bits per heavy atom. The summed E-state index contributed by atoms with van der Waals surface area (Å²) >= 11 is 1.50. The highest BCUT2D eigenvalue weighted by atomic mass is 32.2. The van der Waals surface area contributed by atoms with Gasteiger partial charge >= 0.3 is 0 Å². The van der Waals surface area contributed by atoms with Crippen LogP contribution >= 0.6 is 11.8 Å². The van der Waals surface area contributed by atoms with E-state index in [9.17, 15) is 9.59 Å². The molecule has 0 spiro atoms. The van der Waals surface area contributed by atoms with E-state index in [1.807, 2.05) is 62.4 Å². The molecule has 2 rings (SSSR count). The van der Waals surface area contributed by atoms with Gasteiger partial charge in [-0.05, 0) is 49.6 Å². The molecule has 1 atom stereocenters. The minimum atomic E-state index is -0.505. The van der Waals surface area contributed by atoms with Crippen molar-refractivity contribution in [2.75, 3.05) is 19.4 Å². The fourth-order valence-corrected chi connectivity index (χ4v) is 4.04. The van der Waals surface area contributed by atoms with Crippen LogP contribution in [0.2, 0.25) is 0 Å². The van der Waals surface area contributed by atoms with Crippen molar-refractivity contribution in [3.63, 3.8) is 0 Å². The lowest BCUT2D eigenvalue weighted by Crippen LogP contribution is -2.49. The Kier molecular flexibility index (Phi) is 10.4. The molecule has 2 aromatic rings. The van der Waals surface area contributed by atoms with Gasteiger partial charge in [0, 0.05) is 18.0 Å². The number of hydrogen-bond donors (Lipinski definition) is 1. The van der Waals surface area contributed by atoms with Gasteiger partial charge in [-0.25, -0.2) is 0 Å². The van der Waals surface area contributed by atoms with Crippen molar-refractivity contribution in [1.82, 2.24) is 10.2 Å². The highest BCUT2D eigenvalue weighted by Gasteiger charge is 2.28. The van der Waals surface area contributed by atoms with Gasteiger partial charge in [-0.15, -0.1) is 11.8 Å². The van der Waals surface area contributed by atoms with E-state index in [2.05, 4.69) is 12.2 Å². The van der Waals surface area contributed by atoms with Crippen molar-refractivity contribution in [2.45, 2.75) is 57.5 Å². The predicted octanol–water partition coefficient (Wildman–Crippen LogP) is 4.82. The van der Waals surface area contributed by atoms with E-state index < -0.39 is 6.04 Å². The second kappa shape index (κ2) is 13.1. The van der Waals surface area contributed by atoms with Gasteiger partial charge in [0.15, 0.2) is 0 Å². The number of carbonyl (C=O) groups is 2. The van der Waals surface area contributed by atoms with Gasteiger partial charge in [-0.2, -0.15) is 0 Å². The van der Waals surface area contributed by atoms with Crippen LogP contribution in [0, 0.1) is 6.92 Å². The third-order valence-electron chi connectivity index (χ3n) is 5.09. The van der Waals surface area contributed by atoms with Crippen LogP contribution in [0.3, 0.4) is 0 Å². The Balaban J connectivity index is 2.18. The van der Waals surface area contributed by atoms with Crippen LogP contribution in [-0.2, 0) is 16.1 Å². The third-order valence-corrected chi connectivity index (χ3v) is 6.08. The maximum absolute atomic E-state index is 13.3. The molecule has 31 heavy (non-hydrogen) atoms. The first-order valence-corrected chi connectivity index (χ1v) is 11.9. The summed E-state index contributed by atoms with van der Waals surface area (Å²) in [7, 11) is 1.62. The topological polar surface area (TPSA) is 58.6 Å². The van der Waals surface area contributed by atoms with Gasteiger partial charge in [0.2, 0.25) is 11.8 Å². The maximum atomic E-state index is 13.3. The molecule has 0 radical (unpaired) electrons. The molecule has 0 aliphatic carbocycles. The van der Waals surface area contributed by atoms with Crippen molar-refractivity contribution in [2.24, 2.45) is 0 Å². The molecule has 0 bridgehead atoms. The van der Waals surface area contributed by atoms with Gasteiger partial charge in [-0.3, -0.25) is 9.59 Å². The zero-order chi connectivity index (χ0) is 22.6. The molecule has 5 nitrogen and oxygen atoms in total. The number of nitrogens with one attached hydrogen (secondary N) is 1. The summed E-state index contributed by atoms with van der Waals surface area (Å²) in [5.74, 6) is 0.879. The van der Waals surface area contributed by atoms with Crippen molar-refractivity contribution in [3.8, 4) is 5.75 Å². The normalized spacial score (nSPS) is 11.6. The van der Waals surface area contributed by atoms with E-state index >= 15 is 0 Å². The molecule has 0 heterocycles. The molecule has 0 saturated carbocycles. The summed E-state index contributed by atoms with van der Waals surface area (Å²) in [4.78, 5) is 28.9. The third kappa shape index (κ3) is 7.94. The molecule has 168 valence electrons. The van der Waals surface area contributed by atoms with Gasteiger partial charge < -0.3 is 15.0 Å². The van der Waals surface area contributed by atoms with Gasteiger partial charge in [0.05, 0.1) is 12.9 Å². The minimum Gasteiger partial charge on any atom is -0.497 e.